The van der Waals surface area contributed by atoms with Gasteiger partial charge in [-0.15, -0.1) is 10.2 Å². The minimum Gasteiger partial charge on any atom is -0.317 e. The Kier molecular flexibility index (Phi) is 3.32. The van der Waals surface area contributed by atoms with Crippen molar-refractivity contribution in [2.24, 2.45) is 7.05 Å². The molecule has 0 aliphatic carbocycles. The topological polar surface area (TPSA) is 49.2 Å². The van der Waals surface area contributed by atoms with Gasteiger partial charge in [0.25, 0.3) is 0 Å². The number of hydrogen-bond donors (Lipinski definition) is 1. The molecule has 0 bridgehead atoms. The second-order valence-electron chi connectivity index (χ2n) is 5.36. The van der Waals surface area contributed by atoms with E-state index in [1.54, 1.807) is 0 Å². The lowest BCUT2D eigenvalue weighted by molar-refractivity contribution is 0.0203. The van der Waals surface area contributed by atoms with Gasteiger partial charge in [0.1, 0.15) is 11.6 Å². The Bertz CT molecular complexity index is 403. The van der Waals surface area contributed by atoms with Gasteiger partial charge in [-0.2, -0.15) is 0 Å². The molecule has 2 fully saturated rings. The van der Waals surface area contributed by atoms with Gasteiger partial charge in [-0.3, -0.25) is 9.80 Å². The van der Waals surface area contributed by atoms with E-state index in [1.165, 1.54) is 26.2 Å². The molecule has 18 heavy (non-hydrogen) atoms. The van der Waals surface area contributed by atoms with E-state index in [2.05, 4.69) is 29.9 Å². The normalized spacial score (nSPS) is 23.2. The molecule has 2 aliphatic rings. The molecule has 3 heterocycles. The van der Waals surface area contributed by atoms with Crippen LogP contribution in [0.2, 0.25) is 0 Å². The third-order valence-corrected chi connectivity index (χ3v) is 4.15. The highest BCUT2D eigenvalue weighted by Gasteiger charge is 2.32. The van der Waals surface area contributed by atoms with Crippen molar-refractivity contribution in [2.75, 3.05) is 39.3 Å². The SMILES string of the molecule is Cc1nnc(CN2CC(N3CCNCC3)C2)n1C. The maximum Gasteiger partial charge on any atom is 0.146 e. The van der Waals surface area contributed by atoms with Crippen LogP contribution < -0.4 is 5.32 Å². The second kappa shape index (κ2) is 4.95. The van der Waals surface area contributed by atoms with Gasteiger partial charge in [0, 0.05) is 52.4 Å². The summed E-state index contributed by atoms with van der Waals surface area (Å²) < 4.78 is 2.08. The minimum absolute atomic E-state index is 0.751. The molecule has 0 aromatic carbocycles. The number of piperazine rings is 1. The number of aromatic nitrogens is 3. The lowest BCUT2D eigenvalue weighted by atomic mass is 10.1. The number of likely N-dealkylation sites (tertiary alicyclic amines) is 1. The molecule has 0 radical (unpaired) electrons. The zero-order valence-corrected chi connectivity index (χ0v) is 11.3. The van der Waals surface area contributed by atoms with Crippen molar-refractivity contribution in [3.63, 3.8) is 0 Å². The summed E-state index contributed by atoms with van der Waals surface area (Å²) in [5, 5.41) is 11.7. The molecule has 0 saturated carbocycles. The van der Waals surface area contributed by atoms with Crippen molar-refractivity contribution >= 4 is 0 Å². The zero-order chi connectivity index (χ0) is 12.5. The van der Waals surface area contributed by atoms with E-state index in [0.717, 1.165) is 37.3 Å². The highest BCUT2D eigenvalue weighted by Crippen LogP contribution is 2.17. The van der Waals surface area contributed by atoms with Gasteiger partial charge < -0.3 is 9.88 Å². The summed E-state index contributed by atoms with van der Waals surface area (Å²) in [6.07, 6.45) is 0. The maximum atomic E-state index is 4.22. The molecule has 1 aromatic rings. The molecule has 100 valence electrons. The molecule has 3 rings (SSSR count). The van der Waals surface area contributed by atoms with Crippen molar-refractivity contribution in [1.29, 1.82) is 0 Å². The van der Waals surface area contributed by atoms with Crippen LogP contribution in [0.5, 0.6) is 0 Å². The summed E-state index contributed by atoms with van der Waals surface area (Å²) in [6.45, 7) is 9.94. The molecular weight excluding hydrogens is 228 g/mol. The van der Waals surface area contributed by atoms with E-state index in [-0.39, 0.29) is 0 Å². The summed E-state index contributed by atoms with van der Waals surface area (Å²) in [6, 6.07) is 0.751. The molecule has 0 amide bonds. The number of rotatable bonds is 3. The van der Waals surface area contributed by atoms with Crippen LogP contribution in [-0.2, 0) is 13.6 Å². The smallest absolute Gasteiger partial charge is 0.146 e. The number of nitrogens with zero attached hydrogens (tertiary/aromatic N) is 5. The Balaban J connectivity index is 1.49. The molecule has 0 spiro atoms. The lowest BCUT2D eigenvalue weighted by Gasteiger charge is -2.46. The second-order valence-corrected chi connectivity index (χ2v) is 5.36. The first-order chi connectivity index (χ1) is 8.74. The molecule has 6 nitrogen and oxygen atoms in total. The van der Waals surface area contributed by atoms with Gasteiger partial charge in [0.15, 0.2) is 0 Å². The fourth-order valence-corrected chi connectivity index (χ4v) is 2.74. The predicted octanol–water partition coefficient (Wildman–Crippen LogP) is -0.787. The molecular formula is C12H22N6. The fraction of sp³-hybridized carbons (Fsp3) is 0.833. The Labute approximate surface area is 108 Å². The van der Waals surface area contributed by atoms with Crippen molar-refractivity contribution < 1.29 is 0 Å². The van der Waals surface area contributed by atoms with Crippen LogP contribution in [0.3, 0.4) is 0 Å². The first-order valence-electron chi connectivity index (χ1n) is 6.76. The van der Waals surface area contributed by atoms with Crippen molar-refractivity contribution in [3.8, 4) is 0 Å². The highest BCUT2D eigenvalue weighted by molar-refractivity contribution is 4.97. The number of aryl methyl sites for hydroxylation is 1. The third-order valence-electron chi connectivity index (χ3n) is 4.15. The number of hydrogen-bond acceptors (Lipinski definition) is 5. The van der Waals surface area contributed by atoms with Gasteiger partial charge in [-0.1, -0.05) is 0 Å². The molecule has 2 aliphatic heterocycles. The minimum atomic E-state index is 0.751. The van der Waals surface area contributed by atoms with E-state index in [1.807, 2.05) is 14.0 Å². The Morgan fingerprint density at radius 2 is 1.94 bits per heavy atom. The van der Waals surface area contributed by atoms with Gasteiger partial charge in [0.2, 0.25) is 0 Å². The van der Waals surface area contributed by atoms with E-state index in [0.29, 0.717) is 0 Å². The molecule has 0 atom stereocenters. The summed E-state index contributed by atoms with van der Waals surface area (Å²) in [5.74, 6) is 2.07. The average Bonchev–Trinajstić information content (AvgIpc) is 2.66. The van der Waals surface area contributed by atoms with Crippen LogP contribution in [0.1, 0.15) is 11.6 Å². The summed E-state index contributed by atoms with van der Waals surface area (Å²) in [5.41, 5.74) is 0. The van der Waals surface area contributed by atoms with E-state index in [9.17, 15) is 0 Å². The molecule has 0 unspecified atom stereocenters. The summed E-state index contributed by atoms with van der Waals surface area (Å²) in [4.78, 5) is 5.06. The van der Waals surface area contributed by atoms with Crippen LogP contribution >= 0.6 is 0 Å². The zero-order valence-electron chi connectivity index (χ0n) is 11.3. The van der Waals surface area contributed by atoms with E-state index in [4.69, 9.17) is 0 Å². The maximum absolute atomic E-state index is 4.22. The van der Waals surface area contributed by atoms with Crippen LogP contribution in [0.15, 0.2) is 0 Å². The van der Waals surface area contributed by atoms with Crippen LogP contribution in [0.25, 0.3) is 0 Å². The lowest BCUT2D eigenvalue weighted by Crippen LogP contribution is -2.62. The number of nitrogens with one attached hydrogen (secondary N) is 1. The van der Waals surface area contributed by atoms with Crippen molar-refractivity contribution in [2.45, 2.75) is 19.5 Å². The van der Waals surface area contributed by atoms with Crippen LogP contribution in [-0.4, -0.2) is 69.9 Å². The van der Waals surface area contributed by atoms with E-state index >= 15 is 0 Å². The van der Waals surface area contributed by atoms with Crippen molar-refractivity contribution in [1.82, 2.24) is 29.9 Å². The fourth-order valence-electron chi connectivity index (χ4n) is 2.74. The summed E-state index contributed by atoms with van der Waals surface area (Å²) in [7, 11) is 2.04. The molecule has 2 saturated heterocycles. The van der Waals surface area contributed by atoms with Gasteiger partial charge >= 0.3 is 0 Å². The van der Waals surface area contributed by atoms with Crippen LogP contribution in [0.4, 0.5) is 0 Å². The summed E-state index contributed by atoms with van der Waals surface area (Å²) >= 11 is 0. The predicted molar refractivity (Wildman–Crippen MR) is 69.2 cm³/mol. The van der Waals surface area contributed by atoms with Gasteiger partial charge in [-0.05, 0) is 6.92 Å². The Hall–Kier alpha value is -0.980. The first kappa shape index (κ1) is 12.1. The highest BCUT2D eigenvalue weighted by atomic mass is 15.4. The third kappa shape index (κ3) is 2.28. The van der Waals surface area contributed by atoms with Gasteiger partial charge in [0.05, 0.1) is 6.54 Å². The molecule has 1 aromatic heterocycles. The Morgan fingerprint density at radius 3 is 2.56 bits per heavy atom. The monoisotopic (exact) mass is 250 g/mol. The largest absolute Gasteiger partial charge is 0.317 e. The molecule has 1 N–H and O–H groups in total. The van der Waals surface area contributed by atoms with Crippen LogP contribution in [0, 0.1) is 6.92 Å². The van der Waals surface area contributed by atoms with E-state index < -0.39 is 0 Å². The molecule has 6 heteroatoms. The van der Waals surface area contributed by atoms with Crippen molar-refractivity contribution in [3.05, 3.63) is 11.6 Å². The quantitative estimate of drug-likeness (QED) is 0.762. The average molecular weight is 250 g/mol. The Morgan fingerprint density at radius 1 is 1.22 bits per heavy atom. The first-order valence-corrected chi connectivity index (χ1v) is 6.76. The van der Waals surface area contributed by atoms with Gasteiger partial charge in [-0.25, -0.2) is 0 Å². The standard InChI is InChI=1S/C12H22N6/c1-10-14-15-12(16(10)2)9-17-7-11(8-17)18-5-3-13-4-6-18/h11,13H,3-9H2,1-2H3.